The Kier molecular flexibility index (Phi) is 3.43. The molecule has 2 heterocycles. The number of rotatable bonds is 3. The van der Waals surface area contributed by atoms with Crippen LogP contribution in [0.25, 0.3) is 11.3 Å². The summed E-state index contributed by atoms with van der Waals surface area (Å²) >= 11 is 0. The van der Waals surface area contributed by atoms with Crippen molar-refractivity contribution >= 4 is 11.8 Å². The number of carbonyl (C=O) groups is 2. The van der Waals surface area contributed by atoms with Crippen molar-refractivity contribution in [1.82, 2.24) is 10.1 Å². The zero-order valence-electron chi connectivity index (χ0n) is 11.4. The van der Waals surface area contributed by atoms with Gasteiger partial charge in [-0.15, -0.1) is 0 Å². The van der Waals surface area contributed by atoms with Crippen LogP contribution in [0.5, 0.6) is 0 Å². The van der Waals surface area contributed by atoms with Crippen molar-refractivity contribution in [1.29, 1.82) is 0 Å². The molecule has 0 bridgehead atoms. The van der Waals surface area contributed by atoms with E-state index in [-0.39, 0.29) is 11.7 Å². The van der Waals surface area contributed by atoms with Gasteiger partial charge in [0.25, 0.3) is 11.8 Å². The van der Waals surface area contributed by atoms with Crippen LogP contribution in [0, 0.1) is 0 Å². The summed E-state index contributed by atoms with van der Waals surface area (Å²) in [5.41, 5.74) is 7.05. The summed E-state index contributed by atoms with van der Waals surface area (Å²) in [6, 6.07) is 8.57. The molecule has 108 valence electrons. The van der Waals surface area contributed by atoms with Gasteiger partial charge in [0.1, 0.15) is 5.69 Å². The Morgan fingerprint density at radius 2 is 1.81 bits per heavy atom. The van der Waals surface area contributed by atoms with Gasteiger partial charge in [0, 0.05) is 30.3 Å². The van der Waals surface area contributed by atoms with Crippen molar-refractivity contribution in [3.05, 3.63) is 41.7 Å². The maximum Gasteiger partial charge on any atom is 0.287 e. The Hall–Kier alpha value is -2.63. The first-order chi connectivity index (χ1) is 10.1. The van der Waals surface area contributed by atoms with Crippen LogP contribution in [0.4, 0.5) is 0 Å². The molecule has 0 radical (unpaired) electrons. The fraction of sp³-hybridized carbons (Fsp3) is 0.267. The minimum absolute atomic E-state index is 0.0159. The molecule has 0 atom stereocenters. The summed E-state index contributed by atoms with van der Waals surface area (Å²) in [6.45, 7) is 1.65. The largest absolute Gasteiger partial charge is 0.363 e. The van der Waals surface area contributed by atoms with Crippen molar-refractivity contribution < 1.29 is 14.1 Å². The molecule has 1 aromatic heterocycles. The van der Waals surface area contributed by atoms with E-state index in [1.807, 2.05) is 4.90 Å². The predicted molar refractivity (Wildman–Crippen MR) is 75.6 cm³/mol. The first kappa shape index (κ1) is 13.4. The number of amides is 2. The molecule has 0 unspecified atom stereocenters. The number of benzene rings is 1. The van der Waals surface area contributed by atoms with E-state index in [1.54, 1.807) is 24.3 Å². The van der Waals surface area contributed by atoms with Gasteiger partial charge in [0.15, 0.2) is 0 Å². The highest BCUT2D eigenvalue weighted by atomic mass is 16.5. The lowest BCUT2D eigenvalue weighted by atomic mass is 10.1. The second-order valence-electron chi connectivity index (χ2n) is 5.02. The number of primary amides is 1. The second-order valence-corrected chi connectivity index (χ2v) is 5.02. The minimum Gasteiger partial charge on any atom is -0.363 e. The maximum atomic E-state index is 12.2. The molecule has 0 aliphatic carbocycles. The van der Waals surface area contributed by atoms with Gasteiger partial charge in [-0.25, -0.2) is 0 Å². The predicted octanol–water partition coefficient (Wildman–Crippen LogP) is 1.68. The molecule has 1 aliphatic rings. The Balaban J connectivity index is 1.79. The fourth-order valence-electron chi connectivity index (χ4n) is 2.41. The van der Waals surface area contributed by atoms with Gasteiger partial charge in [0.2, 0.25) is 5.76 Å². The summed E-state index contributed by atoms with van der Waals surface area (Å²) in [6.07, 6.45) is 2.14. The van der Waals surface area contributed by atoms with Crippen molar-refractivity contribution in [3.8, 4) is 11.3 Å². The molecule has 0 saturated carbocycles. The lowest BCUT2D eigenvalue weighted by Gasteiger charge is -2.15. The third-order valence-electron chi connectivity index (χ3n) is 3.57. The summed E-state index contributed by atoms with van der Waals surface area (Å²) < 4.78 is 4.84. The van der Waals surface area contributed by atoms with Gasteiger partial charge >= 0.3 is 0 Å². The molecule has 1 saturated heterocycles. The van der Waals surface area contributed by atoms with E-state index in [1.165, 1.54) is 6.07 Å². The monoisotopic (exact) mass is 285 g/mol. The number of likely N-dealkylation sites (tertiary alicyclic amines) is 1. The number of aromatic nitrogens is 1. The molecule has 1 fully saturated rings. The molecule has 6 nitrogen and oxygen atoms in total. The van der Waals surface area contributed by atoms with Crippen molar-refractivity contribution in [2.75, 3.05) is 13.1 Å². The summed E-state index contributed by atoms with van der Waals surface area (Å²) in [5, 5.41) is 3.79. The smallest absolute Gasteiger partial charge is 0.287 e. The lowest BCUT2D eigenvalue weighted by Crippen LogP contribution is -2.27. The summed E-state index contributed by atoms with van der Waals surface area (Å²) in [4.78, 5) is 25.1. The Morgan fingerprint density at radius 3 is 2.38 bits per heavy atom. The number of hydrogen-bond acceptors (Lipinski definition) is 4. The number of nitrogens with two attached hydrogens (primary N) is 1. The van der Waals surface area contributed by atoms with Gasteiger partial charge in [-0.05, 0) is 25.0 Å². The molecule has 2 N–H and O–H groups in total. The molecule has 21 heavy (non-hydrogen) atoms. The minimum atomic E-state index is -0.658. The van der Waals surface area contributed by atoms with Crippen LogP contribution >= 0.6 is 0 Å². The zero-order valence-corrected chi connectivity index (χ0v) is 11.4. The van der Waals surface area contributed by atoms with E-state index in [0.29, 0.717) is 11.3 Å². The topological polar surface area (TPSA) is 89.4 Å². The van der Waals surface area contributed by atoms with Crippen LogP contribution in [0.3, 0.4) is 0 Å². The maximum absolute atomic E-state index is 12.2. The van der Waals surface area contributed by atoms with E-state index in [2.05, 4.69) is 5.16 Å². The fourth-order valence-corrected chi connectivity index (χ4v) is 2.41. The van der Waals surface area contributed by atoms with Gasteiger partial charge < -0.3 is 15.2 Å². The van der Waals surface area contributed by atoms with E-state index in [9.17, 15) is 9.59 Å². The zero-order chi connectivity index (χ0) is 14.8. The lowest BCUT2D eigenvalue weighted by molar-refractivity contribution is 0.0792. The molecule has 2 aromatic rings. The quantitative estimate of drug-likeness (QED) is 0.929. The first-order valence-electron chi connectivity index (χ1n) is 6.81. The van der Waals surface area contributed by atoms with E-state index in [4.69, 9.17) is 10.3 Å². The number of carbonyl (C=O) groups excluding carboxylic acids is 2. The highest BCUT2D eigenvalue weighted by Gasteiger charge is 2.19. The molecule has 1 aliphatic heterocycles. The second kappa shape index (κ2) is 5.40. The molecular formula is C15H15N3O3. The van der Waals surface area contributed by atoms with Gasteiger partial charge in [0.05, 0.1) is 0 Å². The van der Waals surface area contributed by atoms with Crippen LogP contribution in [0.15, 0.2) is 34.9 Å². The van der Waals surface area contributed by atoms with Gasteiger partial charge in [-0.3, -0.25) is 9.59 Å². The van der Waals surface area contributed by atoms with Gasteiger partial charge in [-0.1, -0.05) is 17.3 Å². The highest BCUT2D eigenvalue weighted by Crippen LogP contribution is 2.21. The van der Waals surface area contributed by atoms with E-state index < -0.39 is 5.91 Å². The molecule has 6 heteroatoms. The average Bonchev–Trinajstić information content (AvgIpc) is 3.18. The number of hydrogen-bond donors (Lipinski definition) is 1. The van der Waals surface area contributed by atoms with Crippen LogP contribution in [-0.2, 0) is 0 Å². The molecule has 3 rings (SSSR count). The molecule has 0 spiro atoms. The van der Waals surface area contributed by atoms with Crippen LogP contribution in [-0.4, -0.2) is 35.0 Å². The number of nitrogens with zero attached hydrogens (tertiary/aromatic N) is 2. The molecule has 1 aromatic carbocycles. The van der Waals surface area contributed by atoms with Crippen LogP contribution in [0.2, 0.25) is 0 Å². The average molecular weight is 285 g/mol. The van der Waals surface area contributed by atoms with E-state index in [0.717, 1.165) is 31.5 Å². The normalized spacial score (nSPS) is 14.4. The van der Waals surface area contributed by atoms with Crippen LogP contribution in [0.1, 0.15) is 33.8 Å². The Morgan fingerprint density at radius 1 is 1.14 bits per heavy atom. The molecule has 2 amide bonds. The third kappa shape index (κ3) is 2.65. The first-order valence-corrected chi connectivity index (χ1v) is 6.81. The SMILES string of the molecule is NC(=O)c1cc(-c2ccc(C(=O)N3CCCC3)cc2)no1. The third-order valence-corrected chi connectivity index (χ3v) is 3.57. The van der Waals surface area contributed by atoms with E-state index >= 15 is 0 Å². The van der Waals surface area contributed by atoms with Crippen LogP contribution < -0.4 is 5.73 Å². The van der Waals surface area contributed by atoms with Gasteiger partial charge in [-0.2, -0.15) is 0 Å². The Labute approximate surface area is 121 Å². The van der Waals surface area contributed by atoms with Crippen molar-refractivity contribution in [2.45, 2.75) is 12.8 Å². The van der Waals surface area contributed by atoms with Crippen molar-refractivity contribution in [3.63, 3.8) is 0 Å². The standard InChI is InChI=1S/C15H15N3O3/c16-14(19)13-9-12(17-21-13)10-3-5-11(6-4-10)15(20)18-7-1-2-8-18/h3-6,9H,1-2,7-8H2,(H2,16,19). The Bertz CT molecular complexity index is 670. The summed E-state index contributed by atoms with van der Waals surface area (Å²) in [5.74, 6) is -0.589. The molecular weight excluding hydrogens is 270 g/mol. The highest BCUT2D eigenvalue weighted by molar-refractivity contribution is 5.95. The van der Waals surface area contributed by atoms with Crippen molar-refractivity contribution in [2.24, 2.45) is 5.73 Å². The summed E-state index contributed by atoms with van der Waals surface area (Å²) in [7, 11) is 0.